The predicted molar refractivity (Wildman–Crippen MR) is 269 cm³/mol. The molecule has 2 bridgehead atoms. The van der Waals surface area contributed by atoms with Gasteiger partial charge in [0.05, 0.1) is 16.7 Å². The van der Waals surface area contributed by atoms with E-state index in [-0.39, 0.29) is 10.8 Å². The molecule has 1 heterocycles. The highest BCUT2D eigenvalue weighted by molar-refractivity contribution is 6.09. The van der Waals surface area contributed by atoms with Crippen LogP contribution in [0.1, 0.15) is 75.6 Å². The highest BCUT2D eigenvalue weighted by atomic mass is 15.1. The molecule has 0 N–H and O–H groups in total. The Hall–Kier alpha value is -6.64. The molecule has 1 aromatic heterocycles. The fourth-order valence-electron chi connectivity index (χ4n) is 13.3. The lowest BCUT2D eigenvalue weighted by atomic mass is 9.42. The number of nitrogens with zero attached hydrogens (tertiary/aromatic N) is 2. The van der Waals surface area contributed by atoms with Crippen LogP contribution < -0.4 is 4.90 Å². The molecule has 0 atom stereocenters. The number of aromatic nitrogens is 1. The Morgan fingerprint density at radius 1 is 0.422 bits per heavy atom. The molecular weight excluding hydrogens is 773 g/mol. The monoisotopic (exact) mass is 828 g/mol. The van der Waals surface area contributed by atoms with Crippen molar-refractivity contribution in [3.63, 3.8) is 0 Å². The molecule has 2 fully saturated rings. The van der Waals surface area contributed by atoms with Gasteiger partial charge in [0.1, 0.15) is 0 Å². The number of para-hydroxylation sites is 3. The minimum absolute atomic E-state index is 0.0482. The van der Waals surface area contributed by atoms with Crippen LogP contribution in [0.4, 0.5) is 17.1 Å². The molecule has 1 spiro atoms. The van der Waals surface area contributed by atoms with Crippen molar-refractivity contribution in [2.45, 2.75) is 64.2 Å². The summed E-state index contributed by atoms with van der Waals surface area (Å²) in [6, 6.07) is 72.9. The molecule has 3 aliphatic carbocycles. The van der Waals surface area contributed by atoms with Crippen molar-refractivity contribution >= 4 is 38.9 Å². The Morgan fingerprint density at radius 3 is 1.52 bits per heavy atom. The Kier molecular flexibility index (Phi) is 9.13. The van der Waals surface area contributed by atoms with E-state index >= 15 is 0 Å². The molecule has 2 nitrogen and oxygen atoms in total. The molecule has 2 heteroatoms. The molecule has 2 saturated carbocycles. The fourth-order valence-corrected chi connectivity index (χ4v) is 13.3. The van der Waals surface area contributed by atoms with Gasteiger partial charge in [0, 0.05) is 44.2 Å². The molecule has 0 amide bonds. The lowest BCUT2D eigenvalue weighted by Gasteiger charge is -2.61. The maximum Gasteiger partial charge on any atom is 0.0541 e. The van der Waals surface area contributed by atoms with E-state index in [1.165, 1.54) is 92.2 Å². The van der Waals surface area contributed by atoms with E-state index in [4.69, 9.17) is 0 Å². The molecule has 12 rings (SSSR count). The summed E-state index contributed by atoms with van der Waals surface area (Å²) in [6.45, 7) is 9.99. The molecule has 9 aromatic rings. The minimum Gasteiger partial charge on any atom is -0.310 e. The SMILES string of the molecule is CC1(C)c2ccccc2C2(c3ccc(N(c4ccc(-c5ccccc5)cc4)c4ccc(-c5ccccc5-n5c6ccccc6c6ccccc65)cc4)cc31)C1C[C@H](C)CC2C[C@H](C)C1. The maximum atomic E-state index is 2.58. The number of hydrogen-bond acceptors (Lipinski definition) is 1. The van der Waals surface area contributed by atoms with Gasteiger partial charge in [-0.3, -0.25) is 0 Å². The molecule has 8 aromatic carbocycles. The molecule has 0 saturated heterocycles. The standard InChI is InChI=1S/C62H56N2/c1-41-36-46-38-42(2)39-47(37-41)62(46)55-22-12-11-21-54(55)61(3,4)57-40-50(34-35-56(57)62)63(48-30-26-44(27-31-48)43-16-6-5-7-17-43)49-32-28-45(29-33-49)51-18-8-13-23-58(51)64-59-24-14-9-19-52(59)53-20-10-15-25-60(53)64/h5-35,40-42,46-47H,36-39H2,1-4H3/t41-,42+,46?,47?,62?. The topological polar surface area (TPSA) is 8.17 Å². The van der Waals surface area contributed by atoms with Crippen LogP contribution in [0.2, 0.25) is 0 Å². The van der Waals surface area contributed by atoms with Gasteiger partial charge in [-0.05, 0) is 143 Å². The molecule has 314 valence electrons. The zero-order valence-corrected chi connectivity index (χ0v) is 37.5. The summed E-state index contributed by atoms with van der Waals surface area (Å²) >= 11 is 0. The van der Waals surface area contributed by atoms with Crippen molar-refractivity contribution in [1.29, 1.82) is 0 Å². The van der Waals surface area contributed by atoms with Crippen molar-refractivity contribution in [3.05, 3.63) is 216 Å². The third-order valence-corrected chi connectivity index (χ3v) is 15.9. The second kappa shape index (κ2) is 15.0. The molecule has 0 radical (unpaired) electrons. The highest BCUT2D eigenvalue weighted by Gasteiger charge is 2.59. The molecule has 0 aliphatic heterocycles. The number of anilines is 3. The van der Waals surface area contributed by atoms with Crippen molar-refractivity contribution in [3.8, 4) is 27.9 Å². The average Bonchev–Trinajstić information content (AvgIpc) is 3.66. The second-order valence-corrected chi connectivity index (χ2v) is 20.0. The van der Waals surface area contributed by atoms with Gasteiger partial charge in [0.2, 0.25) is 0 Å². The van der Waals surface area contributed by atoms with Crippen molar-refractivity contribution in [2.24, 2.45) is 23.7 Å². The quantitative estimate of drug-likeness (QED) is 0.162. The van der Waals surface area contributed by atoms with Crippen LogP contribution >= 0.6 is 0 Å². The van der Waals surface area contributed by atoms with E-state index in [0.717, 1.165) is 23.2 Å². The summed E-state index contributed by atoms with van der Waals surface area (Å²) in [5, 5.41) is 2.55. The van der Waals surface area contributed by atoms with Gasteiger partial charge in [0.25, 0.3) is 0 Å². The Labute approximate surface area is 378 Å². The van der Waals surface area contributed by atoms with Gasteiger partial charge >= 0.3 is 0 Å². The zero-order valence-electron chi connectivity index (χ0n) is 37.5. The van der Waals surface area contributed by atoms with E-state index < -0.39 is 0 Å². The summed E-state index contributed by atoms with van der Waals surface area (Å²) in [6.07, 6.45) is 5.23. The Bertz CT molecular complexity index is 3100. The van der Waals surface area contributed by atoms with E-state index in [1.807, 2.05) is 0 Å². The van der Waals surface area contributed by atoms with E-state index in [9.17, 15) is 0 Å². The average molecular weight is 829 g/mol. The Morgan fingerprint density at radius 2 is 0.891 bits per heavy atom. The van der Waals surface area contributed by atoms with Crippen LogP contribution in [-0.2, 0) is 10.8 Å². The molecule has 0 unspecified atom stereocenters. The smallest absolute Gasteiger partial charge is 0.0541 e. The molecule has 64 heavy (non-hydrogen) atoms. The summed E-state index contributed by atoms with van der Waals surface area (Å²) in [7, 11) is 0. The van der Waals surface area contributed by atoms with Gasteiger partial charge < -0.3 is 9.47 Å². The summed E-state index contributed by atoms with van der Waals surface area (Å²) in [5.41, 5.74) is 18.1. The van der Waals surface area contributed by atoms with Crippen molar-refractivity contribution < 1.29 is 0 Å². The summed E-state index contributed by atoms with van der Waals surface area (Å²) in [5.74, 6) is 2.83. The van der Waals surface area contributed by atoms with Crippen LogP contribution in [0.15, 0.2) is 194 Å². The first kappa shape index (κ1) is 39.0. The molecular formula is C62H56N2. The van der Waals surface area contributed by atoms with E-state index in [1.54, 1.807) is 11.1 Å². The number of benzene rings is 8. The normalized spacial score (nSPS) is 22.0. The van der Waals surface area contributed by atoms with Crippen LogP contribution in [0.25, 0.3) is 49.7 Å². The highest BCUT2D eigenvalue weighted by Crippen LogP contribution is 2.65. The largest absolute Gasteiger partial charge is 0.310 e. The predicted octanol–water partition coefficient (Wildman–Crippen LogP) is 16.6. The van der Waals surface area contributed by atoms with E-state index in [0.29, 0.717) is 11.8 Å². The first-order chi connectivity index (χ1) is 31.3. The minimum atomic E-state index is -0.153. The maximum absolute atomic E-state index is 2.58. The molecule has 3 aliphatic rings. The van der Waals surface area contributed by atoms with Gasteiger partial charge in [-0.1, -0.05) is 167 Å². The van der Waals surface area contributed by atoms with E-state index in [2.05, 4.69) is 231 Å². The zero-order chi connectivity index (χ0) is 43.2. The van der Waals surface area contributed by atoms with Crippen LogP contribution in [0, 0.1) is 23.7 Å². The van der Waals surface area contributed by atoms with Gasteiger partial charge in [-0.25, -0.2) is 0 Å². The van der Waals surface area contributed by atoms with Crippen LogP contribution in [-0.4, -0.2) is 4.57 Å². The Balaban J connectivity index is 1.01. The number of rotatable bonds is 6. The van der Waals surface area contributed by atoms with Gasteiger partial charge in [-0.15, -0.1) is 0 Å². The lowest BCUT2D eigenvalue weighted by molar-refractivity contribution is 0.0233. The first-order valence-electron chi connectivity index (χ1n) is 23.7. The summed E-state index contributed by atoms with van der Waals surface area (Å²) < 4.78 is 2.44. The fraction of sp³-hybridized carbons (Fsp3) is 0.226. The first-order valence-corrected chi connectivity index (χ1v) is 23.7. The lowest BCUT2D eigenvalue weighted by Crippen LogP contribution is -2.55. The van der Waals surface area contributed by atoms with Gasteiger partial charge in [-0.2, -0.15) is 0 Å². The number of hydrogen-bond donors (Lipinski definition) is 0. The van der Waals surface area contributed by atoms with Gasteiger partial charge in [0.15, 0.2) is 0 Å². The van der Waals surface area contributed by atoms with Crippen molar-refractivity contribution in [2.75, 3.05) is 4.90 Å². The van der Waals surface area contributed by atoms with Crippen molar-refractivity contribution in [1.82, 2.24) is 4.57 Å². The van der Waals surface area contributed by atoms with Crippen LogP contribution in [0.5, 0.6) is 0 Å². The third-order valence-electron chi connectivity index (χ3n) is 15.9. The summed E-state index contributed by atoms with van der Waals surface area (Å²) in [4.78, 5) is 2.49. The number of fused-ring (bicyclic) bond motifs is 5. The third kappa shape index (κ3) is 5.91. The van der Waals surface area contributed by atoms with Crippen LogP contribution in [0.3, 0.4) is 0 Å². The second-order valence-electron chi connectivity index (χ2n) is 20.0.